The SMILES string of the molecule is CC1(C)c2ccccc2-c2ccc(-c3cccc(-c4ccc(-c5ccc6oc7cccc(-c8nc(-c9ccc(-c%10ccccc%10)cc9)nc(-c9ccc(-c%10ccccc%10)cc9)n8)c7c6c5)cc4)c3)cc21. The zero-order valence-corrected chi connectivity index (χ0v) is 38.8. The Balaban J connectivity index is 0.854. The van der Waals surface area contributed by atoms with Crippen LogP contribution in [0.5, 0.6) is 0 Å². The average Bonchev–Trinajstić information content (AvgIpc) is 3.92. The number of fused-ring (bicyclic) bond motifs is 6. The molecule has 0 atom stereocenters. The first kappa shape index (κ1) is 41.2. The largest absolute Gasteiger partial charge is 0.456 e. The van der Waals surface area contributed by atoms with Crippen molar-refractivity contribution in [3.05, 3.63) is 248 Å². The maximum absolute atomic E-state index is 6.55. The van der Waals surface area contributed by atoms with Crippen LogP contribution in [0.15, 0.2) is 241 Å². The van der Waals surface area contributed by atoms with Crippen LogP contribution in [-0.4, -0.2) is 15.0 Å². The molecule has 330 valence electrons. The predicted molar refractivity (Wildman–Crippen MR) is 288 cm³/mol. The van der Waals surface area contributed by atoms with Crippen LogP contribution >= 0.6 is 0 Å². The van der Waals surface area contributed by atoms with E-state index < -0.39 is 0 Å². The van der Waals surface area contributed by atoms with Gasteiger partial charge >= 0.3 is 0 Å². The third kappa shape index (κ3) is 7.21. The van der Waals surface area contributed by atoms with Gasteiger partial charge in [-0.15, -0.1) is 0 Å². The standard InChI is InChI=1S/C66H45N3O/c1-66(2)58-21-10-9-19-54(58)55-37-35-53(41-59(55)66)51-18-11-17-50(39-51)46-23-25-47(26-24-46)52-36-38-60-57(40-52)62-56(20-12-22-61(62)70-60)65-68-63(48-31-27-44(28-32-48)42-13-5-3-6-14-42)67-64(69-65)49-33-29-45(30-34-49)43-15-7-4-8-16-43/h3-41H,1-2H3. The third-order valence-electron chi connectivity index (χ3n) is 14.2. The van der Waals surface area contributed by atoms with Gasteiger partial charge in [0, 0.05) is 32.9 Å². The number of benzene rings is 10. The van der Waals surface area contributed by atoms with Gasteiger partial charge in [-0.3, -0.25) is 0 Å². The molecule has 1 aliphatic carbocycles. The van der Waals surface area contributed by atoms with Crippen molar-refractivity contribution in [2.45, 2.75) is 19.3 Å². The zero-order valence-electron chi connectivity index (χ0n) is 38.8. The molecule has 1 aliphatic rings. The van der Waals surface area contributed by atoms with E-state index in [2.05, 4.69) is 226 Å². The molecule has 0 saturated carbocycles. The van der Waals surface area contributed by atoms with Crippen LogP contribution in [0.25, 0.3) is 123 Å². The van der Waals surface area contributed by atoms with Gasteiger partial charge in [-0.2, -0.15) is 0 Å². The number of hydrogen-bond acceptors (Lipinski definition) is 4. The van der Waals surface area contributed by atoms with Gasteiger partial charge in [-0.05, 0) is 108 Å². The van der Waals surface area contributed by atoms with Gasteiger partial charge in [0.2, 0.25) is 0 Å². The highest BCUT2D eigenvalue weighted by molar-refractivity contribution is 6.13. The van der Waals surface area contributed by atoms with Crippen molar-refractivity contribution in [2.75, 3.05) is 0 Å². The van der Waals surface area contributed by atoms with Crippen LogP contribution in [0.2, 0.25) is 0 Å². The maximum Gasteiger partial charge on any atom is 0.164 e. The Morgan fingerprint density at radius 2 is 0.700 bits per heavy atom. The average molecular weight is 896 g/mol. The predicted octanol–water partition coefficient (Wildman–Crippen LogP) is 17.4. The van der Waals surface area contributed by atoms with E-state index >= 15 is 0 Å². The van der Waals surface area contributed by atoms with Crippen LogP contribution in [0.1, 0.15) is 25.0 Å². The van der Waals surface area contributed by atoms with Crippen molar-refractivity contribution in [2.24, 2.45) is 0 Å². The molecule has 0 spiro atoms. The van der Waals surface area contributed by atoms with E-state index in [0.717, 1.165) is 72.0 Å². The van der Waals surface area contributed by atoms with Crippen LogP contribution in [0.4, 0.5) is 0 Å². The van der Waals surface area contributed by atoms with Crippen molar-refractivity contribution < 1.29 is 4.42 Å². The first-order valence-corrected chi connectivity index (χ1v) is 23.9. The minimum Gasteiger partial charge on any atom is -0.456 e. The van der Waals surface area contributed by atoms with Gasteiger partial charge in [-0.1, -0.05) is 220 Å². The molecule has 0 unspecified atom stereocenters. The van der Waals surface area contributed by atoms with E-state index in [1.807, 2.05) is 24.3 Å². The van der Waals surface area contributed by atoms with Gasteiger partial charge in [-0.25, -0.2) is 15.0 Å². The van der Waals surface area contributed by atoms with Gasteiger partial charge in [0.05, 0.1) is 0 Å². The topological polar surface area (TPSA) is 51.8 Å². The summed E-state index contributed by atoms with van der Waals surface area (Å²) in [6.45, 7) is 4.68. The smallest absolute Gasteiger partial charge is 0.164 e. The minimum absolute atomic E-state index is 0.0459. The van der Waals surface area contributed by atoms with Gasteiger partial charge in [0.15, 0.2) is 17.5 Å². The highest BCUT2D eigenvalue weighted by atomic mass is 16.3. The van der Waals surface area contributed by atoms with Gasteiger partial charge in [0.1, 0.15) is 11.2 Å². The van der Waals surface area contributed by atoms with E-state index in [9.17, 15) is 0 Å². The molecule has 0 amide bonds. The first-order valence-electron chi connectivity index (χ1n) is 23.9. The number of hydrogen-bond donors (Lipinski definition) is 0. The zero-order chi connectivity index (χ0) is 46.8. The van der Waals surface area contributed by atoms with Gasteiger partial charge in [0.25, 0.3) is 0 Å². The molecule has 13 rings (SSSR count). The Hall–Kier alpha value is -8.99. The minimum atomic E-state index is -0.0459. The van der Waals surface area contributed by atoms with E-state index in [-0.39, 0.29) is 5.41 Å². The molecule has 12 aromatic rings. The molecule has 2 aromatic heterocycles. The molecule has 0 saturated heterocycles. The molecular formula is C66H45N3O. The number of furan rings is 1. The third-order valence-corrected chi connectivity index (χ3v) is 14.2. The Morgan fingerprint density at radius 3 is 1.33 bits per heavy atom. The summed E-state index contributed by atoms with van der Waals surface area (Å²) in [6, 6.07) is 83.9. The lowest BCUT2D eigenvalue weighted by Gasteiger charge is -2.22. The molecule has 0 aliphatic heterocycles. The van der Waals surface area contributed by atoms with Crippen LogP contribution in [0.3, 0.4) is 0 Å². The van der Waals surface area contributed by atoms with Crippen LogP contribution < -0.4 is 0 Å². The lowest BCUT2D eigenvalue weighted by Crippen LogP contribution is -2.14. The first-order chi connectivity index (χ1) is 34.4. The molecule has 4 heteroatoms. The fourth-order valence-corrected chi connectivity index (χ4v) is 10.4. The van der Waals surface area contributed by atoms with Crippen molar-refractivity contribution >= 4 is 21.9 Å². The summed E-state index contributed by atoms with van der Waals surface area (Å²) in [4.78, 5) is 15.5. The van der Waals surface area contributed by atoms with E-state index in [0.29, 0.717) is 17.5 Å². The van der Waals surface area contributed by atoms with E-state index in [1.165, 1.54) is 44.5 Å². The number of aromatic nitrogens is 3. The Labute approximate surface area is 407 Å². The molecular weight excluding hydrogens is 851 g/mol. The second kappa shape index (κ2) is 16.7. The molecule has 0 N–H and O–H groups in total. The van der Waals surface area contributed by atoms with Crippen LogP contribution in [-0.2, 0) is 5.41 Å². The van der Waals surface area contributed by atoms with E-state index in [1.54, 1.807) is 0 Å². The lowest BCUT2D eigenvalue weighted by atomic mass is 9.81. The molecule has 4 nitrogen and oxygen atoms in total. The second-order valence-electron chi connectivity index (χ2n) is 18.8. The summed E-state index contributed by atoms with van der Waals surface area (Å²) >= 11 is 0. The molecule has 0 fully saturated rings. The van der Waals surface area contributed by atoms with Crippen LogP contribution in [0, 0.1) is 0 Å². The van der Waals surface area contributed by atoms with Crippen molar-refractivity contribution in [3.8, 4) is 101 Å². The molecule has 0 radical (unpaired) electrons. The van der Waals surface area contributed by atoms with Crippen molar-refractivity contribution in [3.63, 3.8) is 0 Å². The monoisotopic (exact) mass is 895 g/mol. The summed E-state index contributed by atoms with van der Waals surface area (Å²) in [7, 11) is 0. The maximum atomic E-state index is 6.55. The summed E-state index contributed by atoms with van der Waals surface area (Å²) < 4.78 is 6.55. The molecule has 0 bridgehead atoms. The molecule has 2 heterocycles. The Morgan fingerprint density at radius 1 is 0.286 bits per heavy atom. The summed E-state index contributed by atoms with van der Waals surface area (Å²) in [6.07, 6.45) is 0. The fourth-order valence-electron chi connectivity index (χ4n) is 10.4. The highest BCUT2D eigenvalue weighted by Gasteiger charge is 2.35. The highest BCUT2D eigenvalue weighted by Crippen LogP contribution is 2.50. The number of nitrogens with zero attached hydrogens (tertiary/aromatic N) is 3. The number of rotatable bonds is 8. The Bertz CT molecular complexity index is 3830. The van der Waals surface area contributed by atoms with Crippen molar-refractivity contribution in [1.82, 2.24) is 15.0 Å². The molecule has 10 aromatic carbocycles. The van der Waals surface area contributed by atoms with Gasteiger partial charge < -0.3 is 4.42 Å². The summed E-state index contributed by atoms with van der Waals surface area (Å²) in [5.41, 5.74) is 21.3. The Kier molecular flexibility index (Phi) is 9.81. The fraction of sp³-hybridized carbons (Fsp3) is 0.0455. The quantitative estimate of drug-likeness (QED) is 0.152. The lowest BCUT2D eigenvalue weighted by molar-refractivity contribution is 0.660. The summed E-state index contributed by atoms with van der Waals surface area (Å²) in [5, 5.41) is 1.97. The molecule has 70 heavy (non-hydrogen) atoms. The van der Waals surface area contributed by atoms with E-state index in [4.69, 9.17) is 19.4 Å². The summed E-state index contributed by atoms with van der Waals surface area (Å²) in [5.74, 6) is 1.79. The van der Waals surface area contributed by atoms with Crippen molar-refractivity contribution in [1.29, 1.82) is 0 Å². The normalized spacial score (nSPS) is 12.5. The second-order valence-corrected chi connectivity index (χ2v) is 18.8.